The van der Waals surface area contributed by atoms with Crippen molar-refractivity contribution in [3.05, 3.63) is 56.0 Å². The van der Waals surface area contributed by atoms with Gasteiger partial charge in [-0.3, -0.25) is 10.1 Å². The Bertz CT molecular complexity index is 976. The Balaban J connectivity index is 1.99. The first-order valence-corrected chi connectivity index (χ1v) is 7.97. The Morgan fingerprint density at radius 1 is 1.42 bits per heavy atom. The van der Waals surface area contributed by atoms with Gasteiger partial charge in [0.15, 0.2) is 0 Å². The molecule has 120 valence electrons. The van der Waals surface area contributed by atoms with Crippen LogP contribution in [-0.2, 0) is 0 Å². The summed E-state index contributed by atoms with van der Waals surface area (Å²) in [6, 6.07) is 7.93. The van der Waals surface area contributed by atoms with E-state index in [2.05, 4.69) is 21.4 Å². The van der Waals surface area contributed by atoms with Gasteiger partial charge in [-0.15, -0.1) is 11.3 Å². The number of aryl methyl sites for hydroxylation is 1. The number of nitrogens with zero attached hydrogens (tertiary/aromatic N) is 4. The van der Waals surface area contributed by atoms with Crippen LogP contribution in [-0.4, -0.2) is 14.9 Å². The number of benzene rings is 1. The highest BCUT2D eigenvalue weighted by Crippen LogP contribution is 2.27. The zero-order valence-corrected chi connectivity index (χ0v) is 13.8. The topological polar surface area (TPSA) is 105 Å². The maximum atomic E-state index is 10.9. The highest BCUT2D eigenvalue weighted by Gasteiger charge is 2.14. The van der Waals surface area contributed by atoms with Gasteiger partial charge in [0.1, 0.15) is 10.8 Å². The molecule has 7 nitrogen and oxygen atoms in total. The molecular weight excluding hydrogens is 326 g/mol. The summed E-state index contributed by atoms with van der Waals surface area (Å²) in [4.78, 5) is 20.3. The number of pyridine rings is 1. The van der Waals surface area contributed by atoms with E-state index in [1.807, 2.05) is 20.0 Å². The summed E-state index contributed by atoms with van der Waals surface area (Å²) in [6.07, 6.45) is 1.81. The molecule has 2 heterocycles. The fraction of sp³-hybridized carbons (Fsp3) is 0.188. The highest BCUT2D eigenvalue weighted by molar-refractivity contribution is 7.11. The molecule has 0 amide bonds. The van der Waals surface area contributed by atoms with E-state index in [4.69, 9.17) is 0 Å². The second kappa shape index (κ2) is 6.22. The molecule has 1 N–H and O–H groups in total. The van der Waals surface area contributed by atoms with Gasteiger partial charge in [0.2, 0.25) is 0 Å². The van der Waals surface area contributed by atoms with Gasteiger partial charge in [-0.2, -0.15) is 5.26 Å². The lowest BCUT2D eigenvalue weighted by Gasteiger charge is -2.13. The molecule has 0 spiro atoms. The number of nitriles is 1. The SMILES string of the molecule is Cc1cnc(C(C)Nc2cc(C#N)c3cc([N+](=O)[O-])ccc3n2)s1. The van der Waals surface area contributed by atoms with Crippen LogP contribution in [0.25, 0.3) is 10.9 Å². The lowest BCUT2D eigenvalue weighted by Crippen LogP contribution is -2.08. The molecule has 0 bridgehead atoms. The Labute approximate surface area is 141 Å². The molecule has 0 aliphatic rings. The molecule has 1 atom stereocenters. The van der Waals surface area contributed by atoms with E-state index in [9.17, 15) is 15.4 Å². The third kappa shape index (κ3) is 3.02. The van der Waals surface area contributed by atoms with Crippen molar-refractivity contribution in [1.82, 2.24) is 9.97 Å². The maximum Gasteiger partial charge on any atom is 0.270 e. The van der Waals surface area contributed by atoms with Crippen LogP contribution in [0.5, 0.6) is 0 Å². The van der Waals surface area contributed by atoms with Crippen molar-refractivity contribution in [2.75, 3.05) is 5.32 Å². The van der Waals surface area contributed by atoms with E-state index in [0.717, 1.165) is 9.88 Å². The van der Waals surface area contributed by atoms with Crippen molar-refractivity contribution in [3.63, 3.8) is 0 Å². The standard InChI is InChI=1S/C16H13N5O2S/c1-9-8-18-16(24-9)10(2)19-15-5-11(7-17)13-6-12(21(22)23)3-4-14(13)20-15/h3-6,8,10H,1-2H3,(H,19,20). The number of hydrogen-bond donors (Lipinski definition) is 1. The molecule has 0 fully saturated rings. The summed E-state index contributed by atoms with van der Waals surface area (Å²) in [7, 11) is 0. The molecule has 24 heavy (non-hydrogen) atoms. The Morgan fingerprint density at radius 2 is 2.21 bits per heavy atom. The Kier molecular flexibility index (Phi) is 4.10. The minimum absolute atomic E-state index is 0.0572. The molecule has 0 radical (unpaired) electrons. The van der Waals surface area contributed by atoms with Gasteiger partial charge in [0.25, 0.3) is 5.69 Å². The van der Waals surface area contributed by atoms with Gasteiger partial charge >= 0.3 is 0 Å². The van der Waals surface area contributed by atoms with Gasteiger partial charge in [-0.25, -0.2) is 9.97 Å². The summed E-state index contributed by atoms with van der Waals surface area (Å²) < 4.78 is 0. The average molecular weight is 339 g/mol. The average Bonchev–Trinajstić information content (AvgIpc) is 3.00. The number of thiazole rings is 1. The first-order chi connectivity index (χ1) is 11.5. The molecule has 1 aromatic carbocycles. The Hall–Kier alpha value is -3.05. The van der Waals surface area contributed by atoms with Crippen LogP contribution in [0.15, 0.2) is 30.5 Å². The summed E-state index contributed by atoms with van der Waals surface area (Å²) in [5.74, 6) is 0.535. The fourth-order valence-electron chi connectivity index (χ4n) is 2.35. The van der Waals surface area contributed by atoms with Crippen LogP contribution >= 0.6 is 11.3 Å². The lowest BCUT2D eigenvalue weighted by molar-refractivity contribution is -0.384. The molecule has 3 rings (SSSR count). The van der Waals surface area contributed by atoms with E-state index >= 15 is 0 Å². The number of nitro benzene ring substituents is 1. The van der Waals surface area contributed by atoms with Crippen molar-refractivity contribution in [3.8, 4) is 6.07 Å². The molecule has 3 aromatic rings. The molecular formula is C16H13N5O2S. The fourth-order valence-corrected chi connectivity index (χ4v) is 3.13. The van der Waals surface area contributed by atoms with Crippen LogP contribution in [0.4, 0.5) is 11.5 Å². The van der Waals surface area contributed by atoms with E-state index < -0.39 is 4.92 Å². The first-order valence-electron chi connectivity index (χ1n) is 7.16. The predicted molar refractivity (Wildman–Crippen MR) is 92.0 cm³/mol. The van der Waals surface area contributed by atoms with Crippen molar-refractivity contribution < 1.29 is 4.92 Å². The van der Waals surface area contributed by atoms with Gasteiger partial charge < -0.3 is 5.32 Å². The van der Waals surface area contributed by atoms with Gasteiger partial charge in [0, 0.05) is 28.6 Å². The molecule has 0 aliphatic heterocycles. The number of aromatic nitrogens is 2. The van der Waals surface area contributed by atoms with E-state index in [-0.39, 0.29) is 11.7 Å². The van der Waals surface area contributed by atoms with Gasteiger partial charge in [-0.05, 0) is 26.0 Å². The Morgan fingerprint density at radius 3 is 2.83 bits per heavy atom. The summed E-state index contributed by atoms with van der Waals surface area (Å²) >= 11 is 1.59. The van der Waals surface area contributed by atoms with Crippen molar-refractivity contribution in [2.45, 2.75) is 19.9 Å². The third-order valence-electron chi connectivity index (χ3n) is 3.50. The highest BCUT2D eigenvalue weighted by atomic mass is 32.1. The second-order valence-electron chi connectivity index (χ2n) is 5.30. The molecule has 1 unspecified atom stereocenters. The largest absolute Gasteiger partial charge is 0.361 e. The molecule has 2 aromatic heterocycles. The van der Waals surface area contributed by atoms with Crippen LogP contribution in [0, 0.1) is 28.4 Å². The second-order valence-corrected chi connectivity index (χ2v) is 6.57. The number of non-ortho nitro benzene ring substituents is 1. The van der Waals surface area contributed by atoms with Crippen molar-refractivity contribution in [2.24, 2.45) is 0 Å². The third-order valence-corrected chi connectivity index (χ3v) is 4.59. The number of rotatable bonds is 4. The van der Waals surface area contributed by atoms with Crippen molar-refractivity contribution >= 4 is 33.7 Å². The zero-order chi connectivity index (χ0) is 17.3. The normalized spacial score (nSPS) is 11.9. The van der Waals surface area contributed by atoms with Crippen LogP contribution in [0.2, 0.25) is 0 Å². The quantitative estimate of drug-likeness (QED) is 0.570. The minimum atomic E-state index is -0.486. The minimum Gasteiger partial charge on any atom is -0.361 e. The van der Waals surface area contributed by atoms with Crippen molar-refractivity contribution in [1.29, 1.82) is 5.26 Å². The molecule has 0 aliphatic carbocycles. The monoisotopic (exact) mass is 339 g/mol. The van der Waals surface area contributed by atoms with Gasteiger partial charge in [0.05, 0.1) is 28.1 Å². The predicted octanol–water partition coefficient (Wildman–Crippen LogP) is 3.95. The summed E-state index contributed by atoms with van der Waals surface area (Å²) in [6.45, 7) is 3.95. The van der Waals surface area contributed by atoms with Gasteiger partial charge in [-0.1, -0.05) is 0 Å². The molecule has 0 saturated carbocycles. The summed E-state index contributed by atoms with van der Waals surface area (Å²) in [5, 5.41) is 24.9. The van der Waals surface area contributed by atoms with E-state index in [0.29, 0.717) is 22.3 Å². The number of fused-ring (bicyclic) bond motifs is 1. The number of nitrogens with one attached hydrogen (secondary N) is 1. The van der Waals surface area contributed by atoms with E-state index in [1.165, 1.54) is 12.1 Å². The van der Waals surface area contributed by atoms with Crippen LogP contribution in [0.1, 0.15) is 28.4 Å². The summed E-state index contributed by atoms with van der Waals surface area (Å²) in [5.41, 5.74) is 0.812. The molecule has 8 heteroatoms. The number of anilines is 1. The first kappa shape index (κ1) is 15.8. The number of nitro groups is 1. The number of hydrogen-bond acceptors (Lipinski definition) is 7. The van der Waals surface area contributed by atoms with Crippen LogP contribution < -0.4 is 5.32 Å². The van der Waals surface area contributed by atoms with Crippen LogP contribution in [0.3, 0.4) is 0 Å². The maximum absolute atomic E-state index is 10.9. The molecule has 0 saturated heterocycles. The van der Waals surface area contributed by atoms with E-state index in [1.54, 1.807) is 23.5 Å². The lowest BCUT2D eigenvalue weighted by atomic mass is 10.1. The smallest absolute Gasteiger partial charge is 0.270 e. The zero-order valence-electron chi connectivity index (χ0n) is 13.0.